The van der Waals surface area contributed by atoms with E-state index < -0.39 is 27.8 Å². The van der Waals surface area contributed by atoms with Crippen molar-refractivity contribution in [1.29, 1.82) is 0 Å². The molecule has 8 nitrogen and oxygen atoms in total. The SMILES string of the molecule is COCCN1CC2(CCN(Cc3ccc(C)s3)C2)Oc2ccccc2S1(=O)=O.O=C(O)C(F)(F)F. The van der Waals surface area contributed by atoms with E-state index in [9.17, 15) is 21.6 Å². The van der Waals surface area contributed by atoms with Gasteiger partial charge in [0.25, 0.3) is 0 Å². The average molecular weight is 537 g/mol. The number of carboxylic acids is 1. The second-order valence-corrected chi connectivity index (χ2v) is 11.6. The van der Waals surface area contributed by atoms with Gasteiger partial charge in [0, 0.05) is 49.5 Å². The van der Waals surface area contributed by atoms with Crippen LogP contribution in [0.15, 0.2) is 41.3 Å². The van der Waals surface area contributed by atoms with Crippen LogP contribution in [0.2, 0.25) is 0 Å². The van der Waals surface area contributed by atoms with Gasteiger partial charge in [-0.15, -0.1) is 11.3 Å². The minimum Gasteiger partial charge on any atom is -0.483 e. The summed E-state index contributed by atoms with van der Waals surface area (Å²) in [7, 11) is -2.03. The van der Waals surface area contributed by atoms with E-state index in [2.05, 4.69) is 24.0 Å². The number of halogens is 3. The highest BCUT2D eigenvalue weighted by Gasteiger charge is 2.47. The number of sulfonamides is 1. The fourth-order valence-electron chi connectivity index (χ4n) is 4.02. The first-order valence-electron chi connectivity index (χ1n) is 10.7. The zero-order valence-corrected chi connectivity index (χ0v) is 20.9. The molecule has 1 atom stereocenters. The number of rotatable bonds is 5. The molecule has 35 heavy (non-hydrogen) atoms. The van der Waals surface area contributed by atoms with E-state index >= 15 is 0 Å². The summed E-state index contributed by atoms with van der Waals surface area (Å²) in [5.41, 5.74) is -0.542. The molecule has 2 aliphatic rings. The molecule has 0 bridgehead atoms. The van der Waals surface area contributed by atoms with Crippen molar-refractivity contribution in [3.8, 4) is 5.75 Å². The number of fused-ring (bicyclic) bond motifs is 1. The average Bonchev–Trinajstić information content (AvgIpc) is 3.34. The Bertz CT molecular complexity index is 1140. The summed E-state index contributed by atoms with van der Waals surface area (Å²) in [5.74, 6) is -2.30. The third kappa shape index (κ3) is 6.73. The largest absolute Gasteiger partial charge is 0.490 e. The smallest absolute Gasteiger partial charge is 0.483 e. The van der Waals surface area contributed by atoms with E-state index in [0.29, 0.717) is 32.0 Å². The minimum absolute atomic E-state index is 0.246. The number of likely N-dealkylation sites (tertiary alicyclic amines) is 1. The maximum absolute atomic E-state index is 13.2. The predicted octanol–water partition coefficient (Wildman–Crippen LogP) is 3.36. The summed E-state index contributed by atoms with van der Waals surface area (Å²) < 4.78 is 71.3. The fourth-order valence-corrected chi connectivity index (χ4v) is 6.56. The molecular weight excluding hydrogens is 509 g/mol. The Labute approximate surface area is 205 Å². The van der Waals surface area contributed by atoms with Gasteiger partial charge in [-0.1, -0.05) is 12.1 Å². The van der Waals surface area contributed by atoms with Gasteiger partial charge in [-0.25, -0.2) is 13.2 Å². The maximum atomic E-state index is 13.2. The van der Waals surface area contributed by atoms with Crippen LogP contribution in [-0.2, 0) is 26.1 Å². The van der Waals surface area contributed by atoms with Gasteiger partial charge < -0.3 is 14.6 Å². The summed E-state index contributed by atoms with van der Waals surface area (Å²) in [4.78, 5) is 14.1. The second-order valence-electron chi connectivity index (χ2n) is 8.34. The summed E-state index contributed by atoms with van der Waals surface area (Å²) >= 11 is 1.81. The van der Waals surface area contributed by atoms with Crippen molar-refractivity contribution < 1.29 is 41.0 Å². The number of methoxy groups -OCH3 is 1. The highest BCUT2D eigenvalue weighted by molar-refractivity contribution is 7.89. The Hall–Kier alpha value is -2.19. The first kappa shape index (κ1) is 27.4. The number of hydrogen-bond acceptors (Lipinski definition) is 7. The molecule has 1 aromatic heterocycles. The lowest BCUT2D eigenvalue weighted by atomic mass is 10.0. The summed E-state index contributed by atoms with van der Waals surface area (Å²) in [6.07, 6.45) is -4.29. The molecule has 3 heterocycles. The third-order valence-corrected chi connectivity index (χ3v) is 8.49. The van der Waals surface area contributed by atoms with Gasteiger partial charge in [0.15, 0.2) is 0 Å². The van der Waals surface area contributed by atoms with Crippen LogP contribution in [0.25, 0.3) is 0 Å². The van der Waals surface area contributed by atoms with Gasteiger partial charge in [-0.3, -0.25) is 4.90 Å². The Morgan fingerprint density at radius 2 is 1.91 bits per heavy atom. The Kier molecular flexibility index (Phi) is 8.48. The number of aryl methyl sites for hydroxylation is 1. The minimum atomic E-state index is -5.08. The molecule has 13 heteroatoms. The number of thiophene rings is 1. The van der Waals surface area contributed by atoms with Crippen LogP contribution in [0, 0.1) is 6.92 Å². The molecule has 194 valence electrons. The first-order valence-corrected chi connectivity index (χ1v) is 13.0. The van der Waals surface area contributed by atoms with Gasteiger partial charge in [-0.2, -0.15) is 17.5 Å². The number of carbonyl (C=O) groups is 1. The molecule has 0 amide bonds. The lowest BCUT2D eigenvalue weighted by Gasteiger charge is -2.32. The Balaban J connectivity index is 0.000000429. The van der Waals surface area contributed by atoms with E-state index in [1.54, 1.807) is 25.3 Å². The zero-order valence-electron chi connectivity index (χ0n) is 19.2. The Morgan fingerprint density at radius 1 is 1.23 bits per heavy atom. The molecule has 4 rings (SSSR count). The van der Waals surface area contributed by atoms with Crippen molar-refractivity contribution in [2.24, 2.45) is 0 Å². The molecule has 1 saturated heterocycles. The molecule has 0 aliphatic carbocycles. The number of nitrogens with zero attached hydrogens (tertiary/aromatic N) is 2. The number of benzene rings is 1. The highest BCUT2D eigenvalue weighted by Crippen LogP contribution is 2.38. The van der Waals surface area contributed by atoms with Crippen molar-refractivity contribution in [3.63, 3.8) is 0 Å². The van der Waals surface area contributed by atoms with Crippen molar-refractivity contribution in [2.45, 2.75) is 36.6 Å². The van der Waals surface area contributed by atoms with Crippen LogP contribution < -0.4 is 4.74 Å². The maximum Gasteiger partial charge on any atom is 0.490 e. The molecule has 2 aliphatic heterocycles. The molecule has 0 radical (unpaired) electrons. The van der Waals surface area contributed by atoms with E-state index in [-0.39, 0.29) is 4.90 Å². The van der Waals surface area contributed by atoms with E-state index in [1.807, 2.05) is 17.4 Å². The van der Waals surface area contributed by atoms with Gasteiger partial charge in [0.05, 0.1) is 13.2 Å². The zero-order chi connectivity index (χ0) is 25.9. The lowest BCUT2D eigenvalue weighted by molar-refractivity contribution is -0.192. The van der Waals surface area contributed by atoms with Crippen LogP contribution in [0.1, 0.15) is 16.2 Å². The van der Waals surface area contributed by atoms with Crippen molar-refractivity contribution in [2.75, 3.05) is 39.9 Å². The number of ether oxygens (including phenoxy) is 2. The quantitative estimate of drug-likeness (QED) is 0.626. The molecule has 1 N–H and O–H groups in total. The van der Waals surface area contributed by atoms with Gasteiger partial charge in [-0.05, 0) is 31.2 Å². The lowest BCUT2D eigenvalue weighted by Crippen LogP contribution is -2.49. The standard InChI is InChI=1S/C20H26N2O4S2.C2HF3O2/c1-16-7-8-17(27-16)13-21-10-9-20(14-21)15-22(11-12-25-2)28(23,24)19-6-4-3-5-18(19)26-20;3-2(4,5)1(6)7/h3-8H,9-15H2,1-2H3;(H,6,7). The van der Waals surface area contributed by atoms with Crippen LogP contribution >= 0.6 is 11.3 Å². The molecule has 1 unspecified atom stereocenters. The van der Waals surface area contributed by atoms with Gasteiger partial charge in [0.1, 0.15) is 16.2 Å². The van der Waals surface area contributed by atoms with E-state index in [0.717, 1.165) is 19.5 Å². The normalized spacial score (nSPS) is 22.1. The Morgan fingerprint density at radius 3 is 2.51 bits per heavy atom. The van der Waals surface area contributed by atoms with Crippen LogP contribution in [0.5, 0.6) is 5.75 Å². The number of aliphatic carboxylic acids is 1. The number of hydrogen-bond donors (Lipinski definition) is 1. The van der Waals surface area contributed by atoms with Gasteiger partial charge >= 0.3 is 12.1 Å². The highest BCUT2D eigenvalue weighted by atomic mass is 32.2. The summed E-state index contributed by atoms with van der Waals surface area (Å²) in [5, 5.41) is 7.12. The number of carboxylic acid groups (broad SMARTS) is 1. The van der Waals surface area contributed by atoms with Crippen molar-refractivity contribution >= 4 is 27.3 Å². The van der Waals surface area contributed by atoms with Gasteiger partial charge in [0.2, 0.25) is 10.0 Å². The summed E-state index contributed by atoms with van der Waals surface area (Å²) in [6.45, 7) is 5.60. The monoisotopic (exact) mass is 536 g/mol. The van der Waals surface area contributed by atoms with E-state index in [1.165, 1.54) is 14.1 Å². The van der Waals surface area contributed by atoms with Crippen molar-refractivity contribution in [3.05, 3.63) is 46.2 Å². The molecule has 1 fully saturated rings. The topological polar surface area (TPSA) is 96.4 Å². The second kappa shape index (κ2) is 10.8. The molecule has 1 spiro atoms. The summed E-state index contributed by atoms with van der Waals surface area (Å²) in [6, 6.07) is 11.3. The van der Waals surface area contributed by atoms with Crippen LogP contribution in [0.3, 0.4) is 0 Å². The van der Waals surface area contributed by atoms with Crippen molar-refractivity contribution in [1.82, 2.24) is 9.21 Å². The van der Waals surface area contributed by atoms with Crippen LogP contribution in [-0.4, -0.2) is 80.4 Å². The number of alkyl halides is 3. The van der Waals surface area contributed by atoms with E-state index in [4.69, 9.17) is 19.4 Å². The molecule has 2 aromatic rings. The number of para-hydroxylation sites is 1. The van der Waals surface area contributed by atoms with Crippen LogP contribution in [0.4, 0.5) is 13.2 Å². The first-order chi connectivity index (χ1) is 16.4. The predicted molar refractivity (Wildman–Crippen MR) is 123 cm³/mol. The fraction of sp³-hybridized carbons (Fsp3) is 0.500. The molecule has 1 aromatic carbocycles. The molecule has 0 saturated carbocycles. The molecular formula is C22H27F3N2O6S2. The third-order valence-electron chi connectivity index (χ3n) is 5.62.